The Hall–Kier alpha value is -2.08. The van der Waals surface area contributed by atoms with Gasteiger partial charge in [-0.25, -0.2) is 9.78 Å². The van der Waals surface area contributed by atoms with Crippen molar-refractivity contribution in [3.63, 3.8) is 0 Å². The molecule has 0 amide bonds. The molecule has 0 saturated heterocycles. The van der Waals surface area contributed by atoms with Gasteiger partial charge < -0.3 is 0 Å². The normalized spacial score (nSPS) is 10.9. The van der Waals surface area contributed by atoms with Gasteiger partial charge in [-0.2, -0.15) is 5.26 Å². The van der Waals surface area contributed by atoms with E-state index in [2.05, 4.69) is 4.98 Å². The van der Waals surface area contributed by atoms with Crippen LogP contribution in [0.15, 0.2) is 37.2 Å². The van der Waals surface area contributed by atoms with Gasteiger partial charge in [-0.05, 0) is 30.0 Å². The van der Waals surface area contributed by atoms with Gasteiger partial charge in [0.15, 0.2) is 4.34 Å². The minimum absolute atomic E-state index is 0.0723. The molecule has 0 aliphatic rings. The Labute approximate surface area is 143 Å². The average molecular weight is 365 g/mol. The van der Waals surface area contributed by atoms with Crippen molar-refractivity contribution < 1.29 is 0 Å². The first-order valence-electron chi connectivity index (χ1n) is 6.36. The van der Waals surface area contributed by atoms with Crippen LogP contribution in [-0.2, 0) is 14.1 Å². The van der Waals surface area contributed by atoms with Crippen molar-refractivity contribution in [2.45, 2.75) is 9.37 Å². The van der Waals surface area contributed by atoms with Crippen molar-refractivity contribution in [3.8, 4) is 6.07 Å². The quantitative estimate of drug-likeness (QED) is 0.652. The lowest BCUT2D eigenvalue weighted by atomic mass is 10.3. The monoisotopic (exact) mass is 364 g/mol. The first-order chi connectivity index (χ1) is 10.9. The summed E-state index contributed by atoms with van der Waals surface area (Å²) in [5.41, 5.74) is -0.433. The Morgan fingerprint density at radius 1 is 1.30 bits per heavy atom. The Kier molecular flexibility index (Phi) is 4.02. The molecule has 9 heteroatoms. The Morgan fingerprint density at radius 3 is 2.74 bits per heavy atom. The number of aromatic nitrogens is 3. The molecule has 116 valence electrons. The van der Waals surface area contributed by atoms with E-state index in [4.69, 9.17) is 11.6 Å². The Balaban J connectivity index is 2.17. The second kappa shape index (κ2) is 5.85. The number of halogens is 1. The molecule has 1 aromatic carbocycles. The summed E-state index contributed by atoms with van der Waals surface area (Å²) in [6, 6.07) is 7.24. The summed E-state index contributed by atoms with van der Waals surface area (Å²) in [6.07, 6.45) is 0. The molecule has 0 atom stereocenters. The molecule has 0 radical (unpaired) electrons. The number of thiazole rings is 1. The molecule has 2 aromatic heterocycles. The van der Waals surface area contributed by atoms with Crippen LogP contribution in [0.5, 0.6) is 0 Å². The van der Waals surface area contributed by atoms with E-state index in [0.717, 1.165) is 26.5 Å². The number of benzene rings is 1. The summed E-state index contributed by atoms with van der Waals surface area (Å²) >= 11 is 8.47. The second-order valence-corrected chi connectivity index (χ2v) is 7.39. The topological polar surface area (TPSA) is 80.7 Å². The maximum atomic E-state index is 12.1. The zero-order chi connectivity index (χ0) is 16.7. The van der Waals surface area contributed by atoms with Crippen LogP contribution in [0.3, 0.4) is 0 Å². The van der Waals surface area contributed by atoms with Gasteiger partial charge in [0.1, 0.15) is 16.7 Å². The highest BCUT2D eigenvalue weighted by Crippen LogP contribution is 2.35. The third-order valence-corrected chi connectivity index (χ3v) is 5.74. The van der Waals surface area contributed by atoms with Crippen LogP contribution in [0.2, 0.25) is 5.02 Å². The molecule has 0 saturated carbocycles. The maximum absolute atomic E-state index is 12.1. The van der Waals surface area contributed by atoms with E-state index in [-0.39, 0.29) is 10.6 Å². The lowest BCUT2D eigenvalue weighted by molar-refractivity contribution is 0.631. The van der Waals surface area contributed by atoms with Gasteiger partial charge in [0, 0.05) is 19.1 Å². The van der Waals surface area contributed by atoms with Gasteiger partial charge in [-0.15, -0.1) is 11.3 Å². The third-order valence-electron chi connectivity index (χ3n) is 3.24. The van der Waals surface area contributed by atoms with Crippen molar-refractivity contribution in [3.05, 3.63) is 49.6 Å². The van der Waals surface area contributed by atoms with Crippen LogP contribution in [0.1, 0.15) is 5.56 Å². The third kappa shape index (κ3) is 2.67. The largest absolute Gasteiger partial charge is 0.331 e. The van der Waals surface area contributed by atoms with Crippen molar-refractivity contribution in [1.29, 1.82) is 5.26 Å². The van der Waals surface area contributed by atoms with Crippen molar-refractivity contribution in [2.24, 2.45) is 14.1 Å². The number of rotatable bonds is 2. The number of nitrogens with zero attached hydrogens (tertiary/aromatic N) is 4. The number of hydrogen-bond donors (Lipinski definition) is 0. The molecule has 0 N–H and O–H groups in total. The average Bonchev–Trinajstić information content (AvgIpc) is 2.92. The fraction of sp³-hybridized carbons (Fsp3) is 0.143. The Morgan fingerprint density at radius 2 is 2.04 bits per heavy atom. The summed E-state index contributed by atoms with van der Waals surface area (Å²) in [7, 11) is 2.87. The standard InChI is InChI=1S/C14H9ClN4O2S2/c1-18-11(20)8(6-16)12(19(2)14(18)21)23-13-17-9-5-7(15)3-4-10(9)22-13/h3-5H,1-2H3. The first kappa shape index (κ1) is 15.8. The van der Waals surface area contributed by atoms with Gasteiger partial charge in [0.05, 0.1) is 10.2 Å². The molecule has 0 aliphatic carbocycles. The van der Waals surface area contributed by atoms with Crippen molar-refractivity contribution in [1.82, 2.24) is 14.1 Å². The van der Waals surface area contributed by atoms with Crippen LogP contribution in [0.25, 0.3) is 10.2 Å². The predicted octanol–water partition coefficient (Wildman–Crippen LogP) is 2.37. The smallest absolute Gasteiger partial charge is 0.290 e. The second-order valence-electron chi connectivity index (χ2n) is 4.69. The van der Waals surface area contributed by atoms with Crippen molar-refractivity contribution in [2.75, 3.05) is 0 Å². The number of hydrogen-bond acceptors (Lipinski definition) is 6. The summed E-state index contributed by atoms with van der Waals surface area (Å²) in [4.78, 5) is 28.6. The van der Waals surface area contributed by atoms with Crippen LogP contribution >= 0.6 is 34.7 Å². The highest BCUT2D eigenvalue weighted by atomic mass is 35.5. The zero-order valence-electron chi connectivity index (χ0n) is 12.0. The van der Waals surface area contributed by atoms with E-state index in [1.54, 1.807) is 12.1 Å². The number of fused-ring (bicyclic) bond motifs is 1. The number of nitriles is 1. The Bertz CT molecular complexity index is 1090. The molecule has 0 fully saturated rings. The van der Waals surface area contributed by atoms with Crippen molar-refractivity contribution >= 4 is 44.9 Å². The van der Waals surface area contributed by atoms with Gasteiger partial charge in [0.2, 0.25) is 0 Å². The molecule has 0 bridgehead atoms. The van der Waals surface area contributed by atoms with E-state index in [1.165, 1.54) is 30.0 Å². The molecule has 6 nitrogen and oxygen atoms in total. The molecule has 0 aliphatic heterocycles. The van der Waals surface area contributed by atoms with Crippen LogP contribution in [0.4, 0.5) is 0 Å². The van der Waals surface area contributed by atoms with Crippen LogP contribution < -0.4 is 11.2 Å². The highest BCUT2D eigenvalue weighted by Gasteiger charge is 2.18. The molecular formula is C14H9ClN4O2S2. The van der Waals surface area contributed by atoms with Gasteiger partial charge in [-0.1, -0.05) is 11.6 Å². The highest BCUT2D eigenvalue weighted by molar-refractivity contribution is 8.01. The molecule has 0 spiro atoms. The molecule has 3 aromatic rings. The van der Waals surface area contributed by atoms with Crippen LogP contribution in [-0.4, -0.2) is 14.1 Å². The van der Waals surface area contributed by atoms with E-state index >= 15 is 0 Å². The molecular weight excluding hydrogens is 356 g/mol. The fourth-order valence-electron chi connectivity index (χ4n) is 2.05. The molecule has 0 unspecified atom stereocenters. The first-order valence-corrected chi connectivity index (χ1v) is 8.37. The molecule has 23 heavy (non-hydrogen) atoms. The summed E-state index contributed by atoms with van der Waals surface area (Å²) in [5, 5.41) is 10.1. The summed E-state index contributed by atoms with van der Waals surface area (Å²) < 4.78 is 3.76. The molecule has 3 rings (SSSR count). The zero-order valence-corrected chi connectivity index (χ0v) is 14.4. The van der Waals surface area contributed by atoms with Gasteiger partial charge in [-0.3, -0.25) is 13.9 Å². The van der Waals surface area contributed by atoms with Gasteiger partial charge in [0.25, 0.3) is 5.56 Å². The summed E-state index contributed by atoms with van der Waals surface area (Å²) in [6.45, 7) is 0. The van der Waals surface area contributed by atoms with E-state index in [9.17, 15) is 14.9 Å². The SMILES string of the molecule is Cn1c(Sc2nc3cc(Cl)ccc3s2)c(C#N)c(=O)n(C)c1=O. The van der Waals surface area contributed by atoms with E-state index in [0.29, 0.717) is 9.36 Å². The van der Waals surface area contributed by atoms with E-state index < -0.39 is 11.2 Å². The van der Waals surface area contributed by atoms with E-state index in [1.807, 2.05) is 12.1 Å². The predicted molar refractivity (Wildman–Crippen MR) is 90.4 cm³/mol. The lowest BCUT2D eigenvalue weighted by Crippen LogP contribution is -2.39. The molecule has 2 heterocycles. The van der Waals surface area contributed by atoms with Gasteiger partial charge >= 0.3 is 5.69 Å². The summed E-state index contributed by atoms with van der Waals surface area (Å²) in [5.74, 6) is 0. The minimum Gasteiger partial charge on any atom is -0.290 e. The maximum Gasteiger partial charge on any atom is 0.331 e. The lowest BCUT2D eigenvalue weighted by Gasteiger charge is -2.09. The minimum atomic E-state index is -0.609. The van der Waals surface area contributed by atoms with Crippen LogP contribution in [0, 0.1) is 11.3 Å². The fourth-order valence-corrected chi connectivity index (χ4v) is 4.32.